The number of anilines is 1. The van der Waals surface area contributed by atoms with Crippen molar-refractivity contribution >= 4 is 35.2 Å². The third kappa shape index (κ3) is 3.23. The highest BCUT2D eigenvalue weighted by molar-refractivity contribution is 7.13. The van der Waals surface area contributed by atoms with Crippen LogP contribution in [0.2, 0.25) is 0 Å². The third-order valence-corrected chi connectivity index (χ3v) is 4.55. The number of carbonyl (C=O) groups is 1. The van der Waals surface area contributed by atoms with Crippen LogP contribution in [-0.4, -0.2) is 45.0 Å². The van der Waals surface area contributed by atoms with E-state index in [1.54, 1.807) is 13.0 Å². The number of carbonyl (C=O) groups excluding carboxylic acids is 1. The van der Waals surface area contributed by atoms with Gasteiger partial charge < -0.3 is 31.0 Å². The molecule has 0 saturated carbocycles. The number of fused-ring (bicyclic) bond motifs is 1. The Kier molecular flexibility index (Phi) is 4.51. The van der Waals surface area contributed by atoms with Crippen molar-refractivity contribution in [2.24, 2.45) is 5.16 Å². The summed E-state index contributed by atoms with van der Waals surface area (Å²) in [4.78, 5) is 16.2. The van der Waals surface area contributed by atoms with Crippen LogP contribution in [0.5, 0.6) is 11.5 Å². The Balaban J connectivity index is 1.78. The van der Waals surface area contributed by atoms with Gasteiger partial charge >= 0.3 is 7.12 Å². The molecule has 0 saturated heterocycles. The topological polar surface area (TPSA) is 150 Å². The molecule has 0 aliphatic carbocycles. The van der Waals surface area contributed by atoms with Gasteiger partial charge in [-0.15, -0.1) is 11.3 Å². The fourth-order valence-corrected chi connectivity index (χ4v) is 3.12. The summed E-state index contributed by atoms with van der Waals surface area (Å²) < 4.78 is 5.43. The van der Waals surface area contributed by atoms with Crippen LogP contribution in [0, 0.1) is 6.92 Å². The van der Waals surface area contributed by atoms with Gasteiger partial charge in [0.05, 0.1) is 5.94 Å². The second kappa shape index (κ2) is 6.61. The van der Waals surface area contributed by atoms with E-state index < -0.39 is 19.0 Å². The number of amides is 1. The summed E-state index contributed by atoms with van der Waals surface area (Å²) in [7, 11) is -1.32. The van der Waals surface area contributed by atoms with Crippen LogP contribution in [0.25, 0.3) is 0 Å². The molecule has 2 aromatic rings. The third-order valence-electron chi connectivity index (χ3n) is 3.88. The van der Waals surface area contributed by atoms with E-state index in [0.717, 1.165) is 16.9 Å². The maximum absolute atomic E-state index is 12.3. The quantitative estimate of drug-likeness (QED) is 0.224. The molecule has 130 valence electrons. The Morgan fingerprint density at radius 3 is 2.96 bits per heavy atom. The summed E-state index contributed by atoms with van der Waals surface area (Å²) >= 11 is 1.10. The Labute approximate surface area is 146 Å². The van der Waals surface area contributed by atoms with Gasteiger partial charge in [-0.1, -0.05) is 11.2 Å². The van der Waals surface area contributed by atoms with E-state index in [-0.39, 0.29) is 28.7 Å². The van der Waals surface area contributed by atoms with E-state index in [4.69, 9.17) is 15.6 Å². The van der Waals surface area contributed by atoms with Gasteiger partial charge in [-0.2, -0.15) is 0 Å². The minimum Gasteiger partial charge on any atom is -0.534 e. The average molecular weight is 362 g/mol. The van der Waals surface area contributed by atoms with Gasteiger partial charge in [0.2, 0.25) is 0 Å². The van der Waals surface area contributed by atoms with Crippen LogP contribution in [0.15, 0.2) is 22.7 Å². The number of nitrogens with one attached hydrogen (secondary N) is 1. The minimum atomic E-state index is -1.32. The van der Waals surface area contributed by atoms with Crippen molar-refractivity contribution in [2.45, 2.75) is 19.3 Å². The monoisotopic (exact) mass is 362 g/mol. The SMILES string of the molecule is Cc1c(O)ccc2c1OB(O)[C@@H](NC(=O)/C(=N\O)c1csc(N)n1)C2. The number of phenolic OH excluding ortho intramolecular Hbond substituents is 1. The molecule has 0 unspecified atom stereocenters. The predicted molar refractivity (Wildman–Crippen MR) is 91.9 cm³/mol. The smallest absolute Gasteiger partial charge is 0.534 e. The lowest BCUT2D eigenvalue weighted by atomic mass is 9.72. The first-order valence-electron chi connectivity index (χ1n) is 7.31. The highest BCUT2D eigenvalue weighted by atomic mass is 32.1. The second-order valence-electron chi connectivity index (χ2n) is 5.51. The number of nitrogen functional groups attached to an aromatic ring is 1. The zero-order valence-electron chi connectivity index (χ0n) is 13.1. The highest BCUT2D eigenvalue weighted by Crippen LogP contribution is 2.34. The number of benzene rings is 1. The van der Waals surface area contributed by atoms with Gasteiger partial charge in [-0.25, -0.2) is 4.98 Å². The number of rotatable bonds is 3. The summed E-state index contributed by atoms with van der Waals surface area (Å²) in [5.41, 5.74) is 6.58. The van der Waals surface area contributed by atoms with Crippen molar-refractivity contribution in [3.8, 4) is 11.5 Å². The Bertz CT molecular complexity index is 856. The molecule has 1 aromatic carbocycles. The van der Waals surface area contributed by atoms with Gasteiger partial charge in [0, 0.05) is 10.9 Å². The molecule has 1 atom stereocenters. The standard InChI is InChI=1S/C14H15BN4O5S/c1-6-9(20)3-2-7-4-10(15(22)24-12(6)7)18-13(21)11(19-23)8-5-25-14(16)17-8/h2-3,5,10,20,22-23H,4H2,1H3,(H2,16,17)(H,18,21)/b19-11-/t10-/m0/s1. The van der Waals surface area contributed by atoms with E-state index in [0.29, 0.717) is 11.3 Å². The Morgan fingerprint density at radius 2 is 2.32 bits per heavy atom. The van der Waals surface area contributed by atoms with Gasteiger partial charge in [0.25, 0.3) is 5.91 Å². The lowest BCUT2D eigenvalue weighted by molar-refractivity contribution is -0.115. The first kappa shape index (κ1) is 17.1. The van der Waals surface area contributed by atoms with Gasteiger partial charge in [0.15, 0.2) is 10.8 Å². The molecular weight excluding hydrogens is 347 g/mol. The van der Waals surface area contributed by atoms with Crippen molar-refractivity contribution in [3.05, 3.63) is 34.3 Å². The average Bonchev–Trinajstić information content (AvgIpc) is 2.99. The summed E-state index contributed by atoms with van der Waals surface area (Å²) in [5.74, 6) is -1.04. The lowest BCUT2D eigenvalue weighted by Gasteiger charge is -2.29. The van der Waals surface area contributed by atoms with Crippen molar-refractivity contribution in [1.29, 1.82) is 0 Å². The molecule has 1 aromatic heterocycles. The van der Waals surface area contributed by atoms with Crippen molar-refractivity contribution < 1.29 is 24.8 Å². The maximum atomic E-state index is 12.3. The number of hydrogen-bond donors (Lipinski definition) is 5. The van der Waals surface area contributed by atoms with E-state index in [9.17, 15) is 14.9 Å². The van der Waals surface area contributed by atoms with Gasteiger partial charge in [-0.3, -0.25) is 4.79 Å². The zero-order chi connectivity index (χ0) is 18.1. The molecule has 6 N–H and O–H groups in total. The molecule has 25 heavy (non-hydrogen) atoms. The fourth-order valence-electron chi connectivity index (χ4n) is 2.57. The highest BCUT2D eigenvalue weighted by Gasteiger charge is 2.38. The molecule has 2 heterocycles. The molecular formula is C14H15BN4O5S. The molecule has 0 radical (unpaired) electrons. The van der Waals surface area contributed by atoms with E-state index in [1.807, 2.05) is 0 Å². The zero-order valence-corrected chi connectivity index (χ0v) is 13.9. The number of aromatic nitrogens is 1. The predicted octanol–water partition coefficient (Wildman–Crippen LogP) is 0.0572. The molecule has 11 heteroatoms. The number of aromatic hydroxyl groups is 1. The van der Waals surface area contributed by atoms with Gasteiger partial charge in [0.1, 0.15) is 17.2 Å². The number of oxime groups is 1. The molecule has 0 bridgehead atoms. The molecule has 9 nitrogen and oxygen atoms in total. The van der Waals surface area contributed by atoms with Crippen LogP contribution in [0.4, 0.5) is 5.13 Å². The Morgan fingerprint density at radius 1 is 1.56 bits per heavy atom. The van der Waals surface area contributed by atoms with E-state index in [1.165, 1.54) is 11.4 Å². The molecule has 1 aliphatic heterocycles. The van der Waals surface area contributed by atoms with Crippen LogP contribution in [0.1, 0.15) is 16.8 Å². The van der Waals surface area contributed by atoms with Gasteiger partial charge in [-0.05, 0) is 25.0 Å². The summed E-state index contributed by atoms with van der Waals surface area (Å²) in [5, 5.41) is 36.2. The lowest BCUT2D eigenvalue weighted by Crippen LogP contribution is -2.54. The molecule has 3 rings (SSSR count). The first-order valence-corrected chi connectivity index (χ1v) is 8.19. The minimum absolute atomic E-state index is 0.0595. The fraction of sp³-hybridized carbons (Fsp3) is 0.214. The van der Waals surface area contributed by atoms with Crippen molar-refractivity contribution in [1.82, 2.24) is 10.3 Å². The number of hydrogen-bond acceptors (Lipinski definition) is 9. The number of thiazole rings is 1. The molecule has 0 spiro atoms. The first-order chi connectivity index (χ1) is 11.9. The summed E-state index contributed by atoms with van der Waals surface area (Å²) in [6.07, 6.45) is 0.279. The van der Waals surface area contributed by atoms with Crippen molar-refractivity contribution in [2.75, 3.05) is 5.73 Å². The van der Waals surface area contributed by atoms with Crippen LogP contribution < -0.4 is 15.7 Å². The molecule has 1 aliphatic rings. The normalized spacial score (nSPS) is 17.0. The number of phenols is 1. The number of nitrogens with zero attached hydrogens (tertiary/aromatic N) is 2. The van der Waals surface area contributed by atoms with E-state index >= 15 is 0 Å². The summed E-state index contributed by atoms with van der Waals surface area (Å²) in [6.45, 7) is 1.67. The number of nitrogens with two attached hydrogens (primary N) is 1. The largest absolute Gasteiger partial charge is 0.547 e. The Hall–Kier alpha value is -2.79. The van der Waals surface area contributed by atoms with E-state index in [2.05, 4.69) is 15.5 Å². The maximum Gasteiger partial charge on any atom is 0.547 e. The molecule has 0 fully saturated rings. The summed E-state index contributed by atoms with van der Waals surface area (Å²) in [6, 6.07) is 3.18. The molecule has 1 amide bonds. The van der Waals surface area contributed by atoms with Crippen LogP contribution in [0.3, 0.4) is 0 Å². The van der Waals surface area contributed by atoms with Crippen molar-refractivity contribution in [3.63, 3.8) is 0 Å². The second-order valence-corrected chi connectivity index (χ2v) is 6.40. The van der Waals surface area contributed by atoms with Crippen LogP contribution >= 0.6 is 11.3 Å². The van der Waals surface area contributed by atoms with Crippen LogP contribution in [-0.2, 0) is 11.2 Å².